The van der Waals surface area contributed by atoms with Gasteiger partial charge in [-0.2, -0.15) is 0 Å². The highest BCUT2D eigenvalue weighted by molar-refractivity contribution is 5.95. The molecule has 1 aromatic heterocycles. The molecule has 9 heteroatoms. The van der Waals surface area contributed by atoms with Gasteiger partial charge in [-0.3, -0.25) is 14.6 Å². The molecule has 2 rings (SSSR count). The van der Waals surface area contributed by atoms with Crippen molar-refractivity contribution < 1.29 is 19.8 Å². The van der Waals surface area contributed by atoms with E-state index in [-0.39, 0.29) is 18.7 Å². The van der Waals surface area contributed by atoms with Crippen LogP contribution >= 0.6 is 0 Å². The van der Waals surface area contributed by atoms with Crippen LogP contribution in [0.5, 0.6) is 0 Å². The number of hydrogen-bond donors (Lipinski definition) is 4. The van der Waals surface area contributed by atoms with Crippen LogP contribution in [0.15, 0.2) is 15.7 Å². The summed E-state index contributed by atoms with van der Waals surface area (Å²) >= 11 is 0. The number of nitrogens with zero attached hydrogens (tertiary/aromatic N) is 1. The average molecular weight is 269 g/mol. The molecule has 9 nitrogen and oxygen atoms in total. The van der Waals surface area contributed by atoms with E-state index in [1.807, 2.05) is 4.98 Å². The van der Waals surface area contributed by atoms with Crippen LogP contribution in [-0.2, 0) is 4.79 Å². The number of carbonyl (C=O) groups excluding carboxylic acids is 1. The number of likely N-dealkylation sites (tertiary alicyclic amines) is 1. The first-order valence-corrected chi connectivity index (χ1v) is 5.44. The number of aromatic amines is 2. The zero-order valence-electron chi connectivity index (χ0n) is 9.62. The molecule has 1 aromatic rings. The third kappa shape index (κ3) is 2.55. The van der Waals surface area contributed by atoms with E-state index in [1.54, 1.807) is 0 Å². The van der Waals surface area contributed by atoms with E-state index in [2.05, 4.69) is 4.98 Å². The van der Waals surface area contributed by atoms with Gasteiger partial charge < -0.3 is 20.1 Å². The summed E-state index contributed by atoms with van der Waals surface area (Å²) in [6, 6.07) is -0.307. The Morgan fingerprint density at radius 2 is 2.00 bits per heavy atom. The fourth-order valence-corrected chi connectivity index (χ4v) is 2.01. The largest absolute Gasteiger partial charge is 0.480 e. The van der Waals surface area contributed by atoms with Crippen molar-refractivity contribution in [2.75, 3.05) is 6.54 Å². The van der Waals surface area contributed by atoms with E-state index >= 15 is 0 Å². The normalized spacial score (nSPS) is 22.5. The molecular formula is C10H11N3O6. The van der Waals surface area contributed by atoms with Crippen LogP contribution in [0.4, 0.5) is 0 Å². The van der Waals surface area contributed by atoms with Crippen molar-refractivity contribution in [3.8, 4) is 0 Å². The van der Waals surface area contributed by atoms with Gasteiger partial charge in [0, 0.05) is 19.0 Å². The number of carboxylic acids is 1. The Morgan fingerprint density at radius 3 is 2.58 bits per heavy atom. The number of β-amino-alcohol motifs (C(OH)–C–C–N with tert-alkyl or cyclic N) is 1. The molecule has 0 aromatic carbocycles. The molecule has 0 radical (unpaired) electrons. The lowest BCUT2D eigenvalue weighted by Gasteiger charge is -2.20. The lowest BCUT2D eigenvalue weighted by Crippen LogP contribution is -2.42. The first-order chi connectivity index (χ1) is 8.88. The number of rotatable bonds is 2. The number of carbonyl (C=O) groups is 2. The summed E-state index contributed by atoms with van der Waals surface area (Å²) in [5.41, 5.74) is -1.93. The molecule has 0 unspecified atom stereocenters. The van der Waals surface area contributed by atoms with Gasteiger partial charge in [-0.15, -0.1) is 0 Å². The Balaban J connectivity index is 2.35. The lowest BCUT2D eigenvalue weighted by molar-refractivity contribution is -0.141. The van der Waals surface area contributed by atoms with Gasteiger partial charge in [0.05, 0.1) is 6.10 Å². The Morgan fingerprint density at radius 1 is 1.32 bits per heavy atom. The van der Waals surface area contributed by atoms with Gasteiger partial charge in [0.1, 0.15) is 11.7 Å². The molecule has 102 valence electrons. The molecule has 0 aliphatic carbocycles. The van der Waals surface area contributed by atoms with Gasteiger partial charge in [0.2, 0.25) is 0 Å². The predicted molar refractivity (Wildman–Crippen MR) is 60.8 cm³/mol. The number of hydrogen-bond acceptors (Lipinski definition) is 5. The minimum atomic E-state index is -1.25. The minimum Gasteiger partial charge on any atom is -0.480 e. The zero-order chi connectivity index (χ0) is 14.2. The number of carboxylic acid groups (broad SMARTS) is 1. The first kappa shape index (κ1) is 13.0. The summed E-state index contributed by atoms with van der Waals surface area (Å²) in [6.07, 6.45) is -1.03. The summed E-state index contributed by atoms with van der Waals surface area (Å²) in [5.74, 6) is -2.07. The second kappa shape index (κ2) is 4.69. The van der Waals surface area contributed by atoms with Crippen molar-refractivity contribution >= 4 is 11.9 Å². The molecule has 2 atom stereocenters. The standard InChI is InChI=1S/C10H11N3O6/c14-4-1-6(9(17)18)13(3-4)8(16)5-2-7(15)12-10(19)11-5/h2,4,6,14H,1,3H2,(H,17,18)(H2,11,12,15,19)/t4-,6-/m0/s1. The molecule has 1 aliphatic heterocycles. The number of aliphatic hydroxyl groups excluding tert-OH is 1. The number of amides is 1. The lowest BCUT2D eigenvalue weighted by atomic mass is 10.2. The van der Waals surface area contributed by atoms with Crippen molar-refractivity contribution in [2.24, 2.45) is 0 Å². The fraction of sp³-hybridized carbons (Fsp3) is 0.400. The highest BCUT2D eigenvalue weighted by Crippen LogP contribution is 2.19. The SMILES string of the molecule is O=C(O)[C@@H]1C[C@H](O)CN1C(=O)c1cc(=O)[nH]c(=O)[nH]1. The molecule has 4 N–H and O–H groups in total. The highest BCUT2D eigenvalue weighted by atomic mass is 16.4. The van der Waals surface area contributed by atoms with Gasteiger partial charge in [0.15, 0.2) is 0 Å². The molecule has 0 saturated carbocycles. The average Bonchev–Trinajstić information content (AvgIpc) is 2.69. The first-order valence-electron chi connectivity index (χ1n) is 5.44. The zero-order valence-corrected chi connectivity index (χ0v) is 9.62. The van der Waals surface area contributed by atoms with Gasteiger partial charge in [-0.25, -0.2) is 9.59 Å². The van der Waals surface area contributed by atoms with Crippen LogP contribution in [-0.4, -0.2) is 55.6 Å². The topological polar surface area (TPSA) is 144 Å². The van der Waals surface area contributed by atoms with Crippen LogP contribution in [0.3, 0.4) is 0 Å². The van der Waals surface area contributed by atoms with Crippen LogP contribution in [0.1, 0.15) is 16.9 Å². The Kier molecular flexibility index (Phi) is 3.21. The maximum absolute atomic E-state index is 12.0. The summed E-state index contributed by atoms with van der Waals surface area (Å²) in [4.78, 5) is 50.1. The van der Waals surface area contributed by atoms with E-state index in [4.69, 9.17) is 5.11 Å². The molecule has 19 heavy (non-hydrogen) atoms. The van der Waals surface area contributed by atoms with Crippen molar-refractivity contribution in [2.45, 2.75) is 18.6 Å². The number of nitrogens with one attached hydrogen (secondary N) is 2. The molecular weight excluding hydrogens is 258 g/mol. The third-order valence-corrected chi connectivity index (χ3v) is 2.82. The number of aliphatic hydroxyl groups is 1. The van der Waals surface area contributed by atoms with Crippen LogP contribution in [0.25, 0.3) is 0 Å². The van der Waals surface area contributed by atoms with E-state index in [9.17, 15) is 24.3 Å². The maximum Gasteiger partial charge on any atom is 0.326 e. The Bertz CT molecular complexity index is 604. The van der Waals surface area contributed by atoms with Crippen LogP contribution in [0, 0.1) is 0 Å². The summed E-state index contributed by atoms with van der Waals surface area (Å²) in [7, 11) is 0. The molecule has 1 fully saturated rings. The van der Waals surface area contributed by atoms with E-state index in [1.165, 1.54) is 0 Å². The molecule has 1 amide bonds. The highest BCUT2D eigenvalue weighted by Gasteiger charge is 2.39. The summed E-state index contributed by atoms with van der Waals surface area (Å²) < 4.78 is 0. The van der Waals surface area contributed by atoms with Crippen LogP contribution < -0.4 is 11.2 Å². The van der Waals surface area contributed by atoms with Crippen molar-refractivity contribution in [1.29, 1.82) is 0 Å². The fourth-order valence-electron chi connectivity index (χ4n) is 2.01. The second-order valence-corrected chi connectivity index (χ2v) is 4.20. The third-order valence-electron chi connectivity index (χ3n) is 2.82. The van der Waals surface area contributed by atoms with Gasteiger partial charge in [-0.1, -0.05) is 0 Å². The Hall–Kier alpha value is -2.42. The predicted octanol–water partition coefficient (Wildman–Crippen LogP) is -2.28. The van der Waals surface area contributed by atoms with Crippen molar-refractivity contribution in [3.63, 3.8) is 0 Å². The molecule has 1 saturated heterocycles. The molecule has 0 spiro atoms. The van der Waals surface area contributed by atoms with Crippen LogP contribution in [0.2, 0.25) is 0 Å². The monoisotopic (exact) mass is 269 g/mol. The van der Waals surface area contributed by atoms with E-state index < -0.39 is 35.3 Å². The smallest absolute Gasteiger partial charge is 0.326 e. The quantitative estimate of drug-likeness (QED) is 0.476. The number of H-pyrrole nitrogens is 2. The van der Waals surface area contributed by atoms with Crippen molar-refractivity contribution in [1.82, 2.24) is 14.9 Å². The van der Waals surface area contributed by atoms with Crippen molar-refractivity contribution in [3.05, 3.63) is 32.6 Å². The van der Waals surface area contributed by atoms with Gasteiger partial charge in [0.25, 0.3) is 11.5 Å². The second-order valence-electron chi connectivity index (χ2n) is 4.20. The molecule has 0 bridgehead atoms. The molecule has 2 heterocycles. The van der Waals surface area contributed by atoms with Gasteiger partial charge in [-0.05, 0) is 0 Å². The maximum atomic E-state index is 12.0. The summed E-state index contributed by atoms with van der Waals surface area (Å²) in [6.45, 7) is -0.162. The number of aliphatic carboxylic acids is 1. The number of aromatic nitrogens is 2. The van der Waals surface area contributed by atoms with Gasteiger partial charge >= 0.3 is 11.7 Å². The minimum absolute atomic E-state index is 0.0888. The summed E-state index contributed by atoms with van der Waals surface area (Å²) in [5, 5.41) is 18.4. The van der Waals surface area contributed by atoms with E-state index in [0.29, 0.717) is 0 Å². The Labute approximate surface area is 105 Å². The molecule has 1 aliphatic rings. The van der Waals surface area contributed by atoms with E-state index in [0.717, 1.165) is 11.0 Å².